The van der Waals surface area contributed by atoms with E-state index >= 15 is 0 Å². The van der Waals surface area contributed by atoms with Gasteiger partial charge in [-0.3, -0.25) is 0 Å². The fourth-order valence-corrected chi connectivity index (χ4v) is 3.22. The van der Waals surface area contributed by atoms with Gasteiger partial charge in [0.15, 0.2) is 0 Å². The second kappa shape index (κ2) is 4.79. The first-order valence-corrected chi connectivity index (χ1v) is 7.09. The number of thiophene rings is 1. The first-order chi connectivity index (χ1) is 9.15. The van der Waals surface area contributed by atoms with Crippen LogP contribution in [0.25, 0.3) is 16.3 Å². The van der Waals surface area contributed by atoms with Crippen LogP contribution in [-0.2, 0) is 0 Å². The van der Waals surface area contributed by atoms with Gasteiger partial charge < -0.3 is 0 Å². The van der Waals surface area contributed by atoms with E-state index in [-0.39, 0.29) is 0 Å². The van der Waals surface area contributed by atoms with Gasteiger partial charge in [-0.2, -0.15) is 0 Å². The van der Waals surface area contributed by atoms with Gasteiger partial charge in [-0.25, -0.2) is 4.68 Å². The van der Waals surface area contributed by atoms with Crippen molar-refractivity contribution in [3.8, 4) is 16.3 Å². The van der Waals surface area contributed by atoms with E-state index in [2.05, 4.69) is 30.2 Å². The first kappa shape index (κ1) is 12.4. The van der Waals surface area contributed by atoms with Gasteiger partial charge in [0.1, 0.15) is 5.69 Å². The molecule has 3 nitrogen and oxygen atoms in total. The van der Waals surface area contributed by atoms with Crippen LogP contribution < -0.4 is 0 Å². The molecule has 0 aliphatic rings. The molecule has 96 valence electrons. The number of para-hydroxylation sites is 1. The van der Waals surface area contributed by atoms with Crippen LogP contribution in [0, 0.1) is 13.8 Å². The summed E-state index contributed by atoms with van der Waals surface area (Å²) >= 11 is 7.89. The number of hydrogen-bond acceptors (Lipinski definition) is 3. The van der Waals surface area contributed by atoms with Gasteiger partial charge in [-0.1, -0.05) is 28.9 Å². The summed E-state index contributed by atoms with van der Waals surface area (Å²) in [5.74, 6) is 0. The lowest BCUT2D eigenvalue weighted by Crippen LogP contribution is -1.95. The molecule has 0 aliphatic heterocycles. The van der Waals surface area contributed by atoms with Crippen LogP contribution >= 0.6 is 22.9 Å². The van der Waals surface area contributed by atoms with Crippen molar-refractivity contribution in [1.82, 2.24) is 15.0 Å². The lowest BCUT2D eigenvalue weighted by atomic mass is 10.2. The summed E-state index contributed by atoms with van der Waals surface area (Å²) in [4.78, 5) is 2.44. The predicted octanol–water partition coefficient (Wildman–Crippen LogP) is 4.27. The summed E-state index contributed by atoms with van der Waals surface area (Å²) < 4.78 is 1.71. The van der Waals surface area contributed by atoms with E-state index in [1.807, 2.05) is 30.5 Å². The van der Waals surface area contributed by atoms with E-state index in [1.165, 1.54) is 10.4 Å². The molecule has 3 aromatic rings. The molecule has 0 amide bonds. The highest BCUT2D eigenvalue weighted by Crippen LogP contribution is 2.31. The summed E-state index contributed by atoms with van der Waals surface area (Å²) in [5, 5.41) is 9.07. The van der Waals surface area contributed by atoms with E-state index in [9.17, 15) is 0 Å². The molecule has 3 rings (SSSR count). The maximum atomic E-state index is 6.16. The Labute approximate surface area is 120 Å². The molecule has 5 heteroatoms. The van der Waals surface area contributed by atoms with Crippen molar-refractivity contribution in [2.45, 2.75) is 13.8 Å². The lowest BCUT2D eigenvalue weighted by Gasteiger charge is -2.01. The Kier molecular flexibility index (Phi) is 3.12. The van der Waals surface area contributed by atoms with Crippen molar-refractivity contribution >= 4 is 22.9 Å². The minimum absolute atomic E-state index is 0.665. The van der Waals surface area contributed by atoms with Crippen molar-refractivity contribution < 1.29 is 0 Å². The lowest BCUT2D eigenvalue weighted by molar-refractivity contribution is 0.804. The van der Waals surface area contributed by atoms with E-state index in [4.69, 9.17) is 11.6 Å². The quantitative estimate of drug-likeness (QED) is 0.705. The van der Waals surface area contributed by atoms with Gasteiger partial charge in [-0.05, 0) is 37.6 Å². The third kappa shape index (κ3) is 2.29. The third-order valence-electron chi connectivity index (χ3n) is 2.87. The number of aryl methyl sites for hydroxylation is 2. The molecular weight excluding hydrogens is 278 g/mol. The first-order valence-electron chi connectivity index (χ1n) is 5.90. The SMILES string of the molecule is Cc1cc(C)c(-c2cn(-c3ccccc3Cl)nn2)s1. The van der Waals surface area contributed by atoms with Crippen molar-refractivity contribution in [3.63, 3.8) is 0 Å². The zero-order valence-corrected chi connectivity index (χ0v) is 12.2. The summed E-state index contributed by atoms with van der Waals surface area (Å²) in [5.41, 5.74) is 2.96. The molecule has 0 radical (unpaired) electrons. The predicted molar refractivity (Wildman–Crippen MR) is 79.2 cm³/mol. The summed E-state index contributed by atoms with van der Waals surface area (Å²) in [6.45, 7) is 4.19. The van der Waals surface area contributed by atoms with E-state index < -0.39 is 0 Å². The molecule has 0 fully saturated rings. The Morgan fingerprint density at radius 3 is 2.68 bits per heavy atom. The van der Waals surface area contributed by atoms with Crippen LogP contribution in [0.1, 0.15) is 10.4 Å². The van der Waals surface area contributed by atoms with Crippen LogP contribution in [-0.4, -0.2) is 15.0 Å². The molecule has 1 aromatic carbocycles. The molecule has 0 spiro atoms. The van der Waals surface area contributed by atoms with Crippen LogP contribution in [0.15, 0.2) is 36.5 Å². The fraction of sp³-hybridized carbons (Fsp3) is 0.143. The Hall–Kier alpha value is -1.65. The van der Waals surface area contributed by atoms with Gasteiger partial charge in [0.2, 0.25) is 0 Å². The maximum absolute atomic E-state index is 6.16. The molecular formula is C14H12ClN3S. The number of nitrogens with zero attached hydrogens (tertiary/aromatic N) is 3. The van der Waals surface area contributed by atoms with Gasteiger partial charge in [-0.15, -0.1) is 16.4 Å². The van der Waals surface area contributed by atoms with Gasteiger partial charge in [0, 0.05) is 4.88 Å². The Balaban J connectivity index is 2.05. The largest absolute Gasteiger partial charge is 0.219 e. The second-order valence-electron chi connectivity index (χ2n) is 4.37. The number of hydrogen-bond donors (Lipinski definition) is 0. The highest BCUT2D eigenvalue weighted by molar-refractivity contribution is 7.15. The smallest absolute Gasteiger partial charge is 0.123 e. The Bertz CT molecular complexity index is 730. The molecule has 0 unspecified atom stereocenters. The molecule has 0 saturated carbocycles. The molecule has 0 bridgehead atoms. The Morgan fingerprint density at radius 2 is 2.00 bits per heavy atom. The van der Waals surface area contributed by atoms with Crippen LogP contribution in [0.3, 0.4) is 0 Å². The summed E-state index contributed by atoms with van der Waals surface area (Å²) in [6.07, 6.45) is 1.92. The zero-order chi connectivity index (χ0) is 13.4. The molecule has 0 atom stereocenters. The monoisotopic (exact) mass is 289 g/mol. The van der Waals surface area contributed by atoms with Crippen LogP contribution in [0.5, 0.6) is 0 Å². The molecule has 19 heavy (non-hydrogen) atoms. The molecule has 0 N–H and O–H groups in total. The van der Waals surface area contributed by atoms with E-state index in [0.717, 1.165) is 16.3 Å². The number of rotatable bonds is 2. The van der Waals surface area contributed by atoms with Crippen molar-refractivity contribution in [2.75, 3.05) is 0 Å². The van der Waals surface area contributed by atoms with Gasteiger partial charge in [0.05, 0.1) is 21.8 Å². The highest BCUT2D eigenvalue weighted by atomic mass is 35.5. The standard InChI is InChI=1S/C14H12ClN3S/c1-9-7-10(2)19-14(9)12-8-18(17-16-12)13-6-4-3-5-11(13)15/h3-8H,1-2H3. The van der Waals surface area contributed by atoms with E-state index in [0.29, 0.717) is 5.02 Å². The number of halogens is 1. The molecule has 2 heterocycles. The fourth-order valence-electron chi connectivity index (χ4n) is 2.02. The Morgan fingerprint density at radius 1 is 1.21 bits per heavy atom. The summed E-state index contributed by atoms with van der Waals surface area (Å²) in [6, 6.07) is 9.76. The number of benzene rings is 1. The highest BCUT2D eigenvalue weighted by Gasteiger charge is 2.11. The average Bonchev–Trinajstić information content (AvgIpc) is 2.96. The second-order valence-corrected chi connectivity index (χ2v) is 6.03. The minimum atomic E-state index is 0.665. The minimum Gasteiger partial charge on any atom is -0.219 e. The topological polar surface area (TPSA) is 30.7 Å². The normalized spacial score (nSPS) is 10.9. The van der Waals surface area contributed by atoms with Crippen molar-refractivity contribution in [2.24, 2.45) is 0 Å². The molecule has 0 aliphatic carbocycles. The van der Waals surface area contributed by atoms with Crippen molar-refractivity contribution in [3.05, 3.63) is 52.0 Å². The maximum Gasteiger partial charge on any atom is 0.123 e. The summed E-state index contributed by atoms with van der Waals surface area (Å²) in [7, 11) is 0. The third-order valence-corrected chi connectivity index (χ3v) is 4.36. The van der Waals surface area contributed by atoms with Crippen molar-refractivity contribution in [1.29, 1.82) is 0 Å². The molecule has 0 saturated heterocycles. The number of aromatic nitrogens is 3. The van der Waals surface area contributed by atoms with Gasteiger partial charge >= 0.3 is 0 Å². The zero-order valence-electron chi connectivity index (χ0n) is 10.6. The van der Waals surface area contributed by atoms with Crippen LogP contribution in [0.2, 0.25) is 5.02 Å². The average molecular weight is 290 g/mol. The van der Waals surface area contributed by atoms with E-state index in [1.54, 1.807) is 16.0 Å². The molecule has 2 aromatic heterocycles. The van der Waals surface area contributed by atoms with Gasteiger partial charge in [0.25, 0.3) is 0 Å². The van der Waals surface area contributed by atoms with Crippen LogP contribution in [0.4, 0.5) is 0 Å².